The number of nitrogens with two attached hydrogens (primary N) is 1. The normalized spacial score (nSPS) is 14.6. The van der Waals surface area contributed by atoms with Gasteiger partial charge in [-0.25, -0.2) is 4.79 Å². The summed E-state index contributed by atoms with van der Waals surface area (Å²) in [6.45, 7) is 0. The van der Waals surface area contributed by atoms with Crippen LogP contribution < -0.4 is 10.6 Å². The maximum Gasteiger partial charge on any atom is 0.340 e. The van der Waals surface area contributed by atoms with Crippen LogP contribution in [0, 0.1) is 0 Å². The summed E-state index contributed by atoms with van der Waals surface area (Å²) < 4.78 is 4.69. The Morgan fingerprint density at radius 1 is 1.50 bits per heavy atom. The second-order valence-electron chi connectivity index (χ2n) is 4.11. The molecule has 1 aromatic carbocycles. The molecule has 0 unspecified atom stereocenters. The molecule has 0 atom stereocenters. The number of carbonyl (C=O) groups is 1. The lowest BCUT2D eigenvalue weighted by Gasteiger charge is -2.19. The second kappa shape index (κ2) is 4.04. The fourth-order valence-electron chi connectivity index (χ4n) is 1.72. The molecule has 1 aromatic rings. The molecular weight excluding hydrogens is 204 g/mol. The predicted octanol–water partition coefficient (Wildman–Crippen LogP) is 1.65. The number of hydrogen-bond donors (Lipinski definition) is 1. The van der Waals surface area contributed by atoms with E-state index < -0.39 is 0 Å². The summed E-state index contributed by atoms with van der Waals surface area (Å²) in [5.74, 6) is -0.386. The zero-order valence-electron chi connectivity index (χ0n) is 9.56. The van der Waals surface area contributed by atoms with E-state index >= 15 is 0 Å². The SMILES string of the molecule is COC(=O)c1cc(N(C)C2CC2)ccc1N. The molecule has 2 rings (SSSR count). The first-order valence-electron chi connectivity index (χ1n) is 5.34. The number of methoxy groups -OCH3 is 1. The molecule has 16 heavy (non-hydrogen) atoms. The quantitative estimate of drug-likeness (QED) is 0.621. The van der Waals surface area contributed by atoms with Crippen molar-refractivity contribution in [1.29, 1.82) is 0 Å². The number of rotatable bonds is 3. The Hall–Kier alpha value is -1.71. The van der Waals surface area contributed by atoms with Gasteiger partial charge in [-0.3, -0.25) is 0 Å². The Morgan fingerprint density at radius 3 is 2.75 bits per heavy atom. The number of benzene rings is 1. The zero-order chi connectivity index (χ0) is 11.7. The topological polar surface area (TPSA) is 55.6 Å². The molecule has 0 amide bonds. The molecule has 0 spiro atoms. The summed E-state index contributed by atoms with van der Waals surface area (Å²) in [6, 6.07) is 6.08. The maximum absolute atomic E-state index is 11.5. The molecule has 0 heterocycles. The molecule has 0 aliphatic heterocycles. The van der Waals surface area contributed by atoms with Crippen LogP contribution in [0.2, 0.25) is 0 Å². The number of anilines is 2. The fraction of sp³-hybridized carbons (Fsp3) is 0.417. The fourth-order valence-corrected chi connectivity index (χ4v) is 1.72. The summed E-state index contributed by atoms with van der Waals surface area (Å²) in [7, 11) is 3.39. The number of ether oxygens (including phenoxy) is 1. The van der Waals surface area contributed by atoms with E-state index in [1.54, 1.807) is 12.1 Å². The van der Waals surface area contributed by atoms with Gasteiger partial charge in [-0.15, -0.1) is 0 Å². The number of carbonyl (C=O) groups excluding carboxylic acids is 1. The Balaban J connectivity index is 2.30. The van der Waals surface area contributed by atoms with E-state index in [0.29, 0.717) is 17.3 Å². The van der Waals surface area contributed by atoms with Crippen molar-refractivity contribution in [3.8, 4) is 0 Å². The van der Waals surface area contributed by atoms with Gasteiger partial charge in [0.25, 0.3) is 0 Å². The van der Waals surface area contributed by atoms with E-state index in [-0.39, 0.29) is 5.97 Å². The van der Waals surface area contributed by atoms with Crippen molar-refractivity contribution in [2.75, 3.05) is 24.8 Å². The Morgan fingerprint density at radius 2 is 2.19 bits per heavy atom. The first-order valence-corrected chi connectivity index (χ1v) is 5.34. The highest BCUT2D eigenvalue weighted by Crippen LogP contribution is 2.31. The van der Waals surface area contributed by atoms with Gasteiger partial charge in [0, 0.05) is 24.5 Å². The van der Waals surface area contributed by atoms with Gasteiger partial charge < -0.3 is 15.4 Å². The van der Waals surface area contributed by atoms with Crippen LogP contribution in [0.3, 0.4) is 0 Å². The number of nitrogens with zero attached hydrogens (tertiary/aromatic N) is 1. The van der Waals surface area contributed by atoms with E-state index in [0.717, 1.165) is 5.69 Å². The average molecular weight is 220 g/mol. The van der Waals surface area contributed by atoms with Crippen molar-refractivity contribution in [1.82, 2.24) is 0 Å². The molecule has 4 nitrogen and oxygen atoms in total. The lowest BCUT2D eigenvalue weighted by Crippen LogP contribution is -2.20. The van der Waals surface area contributed by atoms with E-state index in [4.69, 9.17) is 10.5 Å². The highest BCUT2D eigenvalue weighted by Gasteiger charge is 2.27. The molecule has 0 aromatic heterocycles. The smallest absolute Gasteiger partial charge is 0.340 e. The van der Waals surface area contributed by atoms with Crippen molar-refractivity contribution in [3.05, 3.63) is 23.8 Å². The Labute approximate surface area is 95.0 Å². The standard InChI is InChI=1S/C12H16N2O2/c1-14(8-3-4-8)9-5-6-11(13)10(7-9)12(15)16-2/h5-8H,3-4,13H2,1-2H3. The monoisotopic (exact) mass is 220 g/mol. The highest BCUT2D eigenvalue weighted by molar-refractivity contribution is 5.96. The number of hydrogen-bond acceptors (Lipinski definition) is 4. The summed E-state index contributed by atoms with van der Waals surface area (Å²) >= 11 is 0. The van der Waals surface area contributed by atoms with Crippen LogP contribution in [0.1, 0.15) is 23.2 Å². The summed E-state index contributed by atoms with van der Waals surface area (Å²) in [5, 5.41) is 0. The molecule has 86 valence electrons. The van der Waals surface area contributed by atoms with E-state index in [9.17, 15) is 4.79 Å². The van der Waals surface area contributed by atoms with Crippen molar-refractivity contribution in [2.45, 2.75) is 18.9 Å². The number of esters is 1. The van der Waals surface area contributed by atoms with E-state index in [1.807, 2.05) is 13.1 Å². The van der Waals surface area contributed by atoms with Crippen LogP contribution >= 0.6 is 0 Å². The van der Waals surface area contributed by atoms with E-state index in [1.165, 1.54) is 20.0 Å². The summed E-state index contributed by atoms with van der Waals surface area (Å²) in [6.07, 6.45) is 2.43. The van der Waals surface area contributed by atoms with Crippen LogP contribution in [0.4, 0.5) is 11.4 Å². The third kappa shape index (κ3) is 1.96. The van der Waals surface area contributed by atoms with Gasteiger partial charge in [0.1, 0.15) is 0 Å². The molecule has 0 saturated heterocycles. The average Bonchev–Trinajstić information content (AvgIpc) is 3.11. The highest BCUT2D eigenvalue weighted by atomic mass is 16.5. The molecule has 1 aliphatic rings. The maximum atomic E-state index is 11.5. The van der Waals surface area contributed by atoms with Gasteiger partial charge in [0.2, 0.25) is 0 Å². The van der Waals surface area contributed by atoms with Gasteiger partial charge in [-0.2, -0.15) is 0 Å². The molecule has 1 saturated carbocycles. The van der Waals surface area contributed by atoms with Gasteiger partial charge in [0.15, 0.2) is 0 Å². The van der Waals surface area contributed by atoms with Crippen LogP contribution in [0.25, 0.3) is 0 Å². The predicted molar refractivity (Wildman–Crippen MR) is 63.6 cm³/mol. The minimum atomic E-state index is -0.386. The summed E-state index contributed by atoms with van der Waals surface area (Å²) in [4.78, 5) is 13.6. The van der Waals surface area contributed by atoms with Crippen LogP contribution in [-0.2, 0) is 4.74 Å². The molecule has 1 fully saturated rings. The molecule has 0 radical (unpaired) electrons. The first-order chi connectivity index (χ1) is 7.63. The van der Waals surface area contributed by atoms with Crippen molar-refractivity contribution in [2.24, 2.45) is 0 Å². The Bertz CT molecular complexity index is 413. The molecule has 0 bridgehead atoms. The largest absolute Gasteiger partial charge is 0.465 e. The molecule has 1 aliphatic carbocycles. The van der Waals surface area contributed by atoms with Gasteiger partial charge in [-0.1, -0.05) is 0 Å². The second-order valence-corrected chi connectivity index (χ2v) is 4.11. The van der Waals surface area contributed by atoms with E-state index in [2.05, 4.69) is 4.90 Å². The molecule has 2 N–H and O–H groups in total. The first kappa shape index (κ1) is 10.8. The number of nitrogen functional groups attached to an aromatic ring is 1. The van der Waals surface area contributed by atoms with Gasteiger partial charge >= 0.3 is 5.97 Å². The third-order valence-corrected chi connectivity index (χ3v) is 2.94. The minimum absolute atomic E-state index is 0.386. The Kier molecular flexibility index (Phi) is 2.73. The van der Waals surface area contributed by atoms with Crippen molar-refractivity contribution >= 4 is 17.3 Å². The van der Waals surface area contributed by atoms with Crippen LogP contribution in [-0.4, -0.2) is 26.2 Å². The summed E-state index contributed by atoms with van der Waals surface area (Å²) in [5.41, 5.74) is 7.65. The van der Waals surface area contributed by atoms with Gasteiger partial charge in [0.05, 0.1) is 12.7 Å². The minimum Gasteiger partial charge on any atom is -0.465 e. The lowest BCUT2D eigenvalue weighted by molar-refractivity contribution is 0.0602. The van der Waals surface area contributed by atoms with Crippen molar-refractivity contribution < 1.29 is 9.53 Å². The zero-order valence-corrected chi connectivity index (χ0v) is 9.56. The molecular formula is C12H16N2O2. The van der Waals surface area contributed by atoms with Crippen LogP contribution in [0.5, 0.6) is 0 Å². The van der Waals surface area contributed by atoms with Crippen LogP contribution in [0.15, 0.2) is 18.2 Å². The third-order valence-electron chi connectivity index (χ3n) is 2.94. The van der Waals surface area contributed by atoms with Crippen molar-refractivity contribution in [3.63, 3.8) is 0 Å². The molecule has 4 heteroatoms. The van der Waals surface area contributed by atoms with Gasteiger partial charge in [-0.05, 0) is 31.0 Å². The lowest BCUT2D eigenvalue weighted by atomic mass is 10.1.